The molecule has 1 aliphatic rings. The van der Waals surface area contributed by atoms with E-state index in [2.05, 4.69) is 4.99 Å². The van der Waals surface area contributed by atoms with Crippen LogP contribution < -0.4 is 0 Å². The van der Waals surface area contributed by atoms with E-state index in [4.69, 9.17) is 21.2 Å². The van der Waals surface area contributed by atoms with Gasteiger partial charge in [-0.1, -0.05) is 24.3 Å². The number of nitriles is 3. The number of fused-ring (bicyclic) bond motifs is 1. The quantitative estimate of drug-likeness (QED) is 0.601. The first-order valence-electron chi connectivity index (χ1n) is 5.20. The second kappa shape index (κ2) is 4.82. The van der Waals surface area contributed by atoms with E-state index in [0.717, 1.165) is 0 Å². The van der Waals surface area contributed by atoms with Gasteiger partial charge in [-0.2, -0.15) is 15.8 Å². The van der Waals surface area contributed by atoms with E-state index in [9.17, 15) is 0 Å². The van der Waals surface area contributed by atoms with Crippen molar-refractivity contribution in [3.63, 3.8) is 0 Å². The van der Waals surface area contributed by atoms with Crippen molar-refractivity contribution in [1.29, 1.82) is 21.2 Å². The molecule has 0 atom stereocenters. The number of rotatable bonds is 1. The van der Waals surface area contributed by atoms with E-state index < -0.39 is 0 Å². The van der Waals surface area contributed by atoms with Crippen LogP contribution >= 0.6 is 0 Å². The third-order valence-electron chi connectivity index (χ3n) is 2.59. The molecule has 1 heterocycles. The molecule has 0 amide bonds. The van der Waals surface area contributed by atoms with E-state index >= 15 is 0 Å². The fourth-order valence-corrected chi connectivity index (χ4v) is 1.78. The fraction of sp³-hybridized carbons (Fsp3) is 0. The lowest BCUT2D eigenvalue weighted by Gasteiger charge is -1.99. The molecule has 0 fully saturated rings. The first-order valence-corrected chi connectivity index (χ1v) is 5.20. The summed E-state index contributed by atoms with van der Waals surface area (Å²) in [4.78, 5) is 4.15. The number of nitrogens with zero attached hydrogens (tertiary/aromatic N) is 4. The zero-order chi connectivity index (χ0) is 13.8. The molecular formula is C14H5N5. The van der Waals surface area contributed by atoms with Crippen molar-refractivity contribution in [1.82, 2.24) is 0 Å². The Morgan fingerprint density at radius 1 is 1.00 bits per heavy atom. The highest BCUT2D eigenvalue weighted by Gasteiger charge is 2.25. The van der Waals surface area contributed by atoms with Gasteiger partial charge in [0.15, 0.2) is 5.57 Å². The highest BCUT2D eigenvalue weighted by atomic mass is 14.8. The van der Waals surface area contributed by atoms with Gasteiger partial charge >= 0.3 is 0 Å². The fourth-order valence-electron chi connectivity index (χ4n) is 1.78. The Balaban J connectivity index is 2.82. The van der Waals surface area contributed by atoms with E-state index in [0.29, 0.717) is 11.1 Å². The molecule has 1 aromatic rings. The lowest BCUT2D eigenvalue weighted by atomic mass is 9.99. The van der Waals surface area contributed by atoms with E-state index in [1.54, 1.807) is 36.4 Å². The summed E-state index contributed by atoms with van der Waals surface area (Å²) in [5, 5.41) is 33.9. The van der Waals surface area contributed by atoms with Gasteiger partial charge in [-0.25, -0.2) is 4.99 Å². The van der Waals surface area contributed by atoms with Crippen molar-refractivity contribution < 1.29 is 0 Å². The molecule has 19 heavy (non-hydrogen) atoms. The lowest BCUT2D eigenvalue weighted by molar-refractivity contribution is 1.44. The average Bonchev–Trinajstić information content (AvgIpc) is 2.82. The Morgan fingerprint density at radius 3 is 2.16 bits per heavy atom. The summed E-state index contributed by atoms with van der Waals surface area (Å²) in [6, 6.07) is 12.3. The molecule has 5 heteroatoms. The standard InChI is InChI=1S/C14H5N5/c15-5-9(6-16)13-11-3-1-2-4-12(11)14(19-13)10(7-17)8-18/h1-4,15H. The van der Waals surface area contributed by atoms with Crippen LogP contribution in [0.5, 0.6) is 0 Å². The second-order valence-electron chi connectivity index (χ2n) is 3.57. The van der Waals surface area contributed by atoms with Gasteiger partial charge in [0.25, 0.3) is 0 Å². The number of allylic oxidation sites excluding steroid dienone is 2. The Hall–Kier alpha value is -3.45. The number of aliphatic imine (C=N–C) groups is 1. The molecule has 1 N–H and O–H groups in total. The first kappa shape index (κ1) is 12.0. The van der Waals surface area contributed by atoms with Crippen LogP contribution in [0.1, 0.15) is 11.1 Å². The predicted octanol–water partition coefficient (Wildman–Crippen LogP) is 1.95. The normalized spacial score (nSPS) is 11.2. The van der Waals surface area contributed by atoms with E-state index in [-0.39, 0.29) is 22.6 Å². The number of benzene rings is 1. The number of hydrogen-bond donors (Lipinski definition) is 1. The van der Waals surface area contributed by atoms with Crippen LogP contribution in [0.3, 0.4) is 0 Å². The third kappa shape index (κ3) is 1.81. The van der Waals surface area contributed by atoms with Gasteiger partial charge in [-0.15, -0.1) is 0 Å². The van der Waals surface area contributed by atoms with Crippen molar-refractivity contribution in [2.24, 2.45) is 4.99 Å². The molecule has 0 saturated heterocycles. The SMILES string of the molecule is N#CC(=C=N)C1=NC(=C(C#N)C#N)c2ccccc21. The monoisotopic (exact) mass is 243 g/mol. The molecule has 2 rings (SSSR count). The first-order chi connectivity index (χ1) is 9.26. The summed E-state index contributed by atoms with van der Waals surface area (Å²) in [5.74, 6) is 2.02. The van der Waals surface area contributed by atoms with Crippen molar-refractivity contribution >= 4 is 17.3 Å². The van der Waals surface area contributed by atoms with Gasteiger partial charge < -0.3 is 0 Å². The molecule has 0 aromatic heterocycles. The molecule has 0 aliphatic carbocycles. The third-order valence-corrected chi connectivity index (χ3v) is 2.59. The maximum atomic E-state index is 8.95. The van der Waals surface area contributed by atoms with Gasteiger partial charge in [0, 0.05) is 11.1 Å². The van der Waals surface area contributed by atoms with Gasteiger partial charge in [0.2, 0.25) is 0 Å². The Morgan fingerprint density at radius 2 is 1.63 bits per heavy atom. The van der Waals surface area contributed by atoms with Crippen LogP contribution in [0, 0.1) is 39.4 Å². The summed E-state index contributed by atoms with van der Waals surface area (Å²) >= 11 is 0. The van der Waals surface area contributed by atoms with Gasteiger partial charge in [-0.05, 0) is 5.87 Å². The van der Waals surface area contributed by atoms with Crippen molar-refractivity contribution in [3.8, 4) is 18.2 Å². The van der Waals surface area contributed by atoms with E-state index in [1.165, 1.54) is 0 Å². The summed E-state index contributed by atoms with van der Waals surface area (Å²) < 4.78 is 0. The summed E-state index contributed by atoms with van der Waals surface area (Å²) in [6.45, 7) is 0. The van der Waals surface area contributed by atoms with Gasteiger partial charge in [-0.3, -0.25) is 5.41 Å². The Kier molecular flexibility index (Phi) is 3.05. The van der Waals surface area contributed by atoms with Crippen LogP contribution in [0.2, 0.25) is 0 Å². The van der Waals surface area contributed by atoms with Crippen LogP contribution in [-0.2, 0) is 0 Å². The second-order valence-corrected chi connectivity index (χ2v) is 3.57. The molecule has 0 radical (unpaired) electrons. The van der Waals surface area contributed by atoms with Crippen LogP contribution in [0.15, 0.2) is 40.4 Å². The predicted molar refractivity (Wildman–Crippen MR) is 68.0 cm³/mol. The minimum absolute atomic E-state index is 0.0299. The maximum absolute atomic E-state index is 8.95. The van der Waals surface area contributed by atoms with Crippen LogP contribution in [-0.4, -0.2) is 11.6 Å². The molecule has 86 valence electrons. The van der Waals surface area contributed by atoms with Crippen LogP contribution in [0.4, 0.5) is 0 Å². The zero-order valence-corrected chi connectivity index (χ0v) is 9.60. The summed E-state index contributed by atoms with van der Waals surface area (Å²) in [7, 11) is 0. The lowest BCUT2D eigenvalue weighted by Crippen LogP contribution is -2.01. The van der Waals surface area contributed by atoms with Crippen molar-refractivity contribution in [3.05, 3.63) is 46.5 Å². The molecule has 5 nitrogen and oxygen atoms in total. The molecular weight excluding hydrogens is 238 g/mol. The topological polar surface area (TPSA) is 108 Å². The minimum atomic E-state index is -0.121. The van der Waals surface area contributed by atoms with Crippen molar-refractivity contribution in [2.45, 2.75) is 0 Å². The molecule has 0 saturated carbocycles. The largest absolute Gasteiger partial charge is 0.257 e. The highest BCUT2D eigenvalue weighted by molar-refractivity contribution is 6.25. The van der Waals surface area contributed by atoms with Crippen LogP contribution in [0.25, 0.3) is 5.70 Å². The summed E-state index contributed by atoms with van der Waals surface area (Å²) in [5.41, 5.74) is 1.59. The molecule has 0 spiro atoms. The smallest absolute Gasteiger partial charge is 0.155 e. The molecule has 0 bridgehead atoms. The highest BCUT2D eigenvalue weighted by Crippen LogP contribution is 2.32. The van der Waals surface area contributed by atoms with Gasteiger partial charge in [0.1, 0.15) is 29.5 Å². The van der Waals surface area contributed by atoms with Crippen molar-refractivity contribution in [2.75, 3.05) is 0 Å². The average molecular weight is 243 g/mol. The molecule has 0 unspecified atom stereocenters. The number of nitrogens with one attached hydrogen (secondary N) is 1. The summed E-state index contributed by atoms with van der Waals surface area (Å²) in [6.07, 6.45) is 0. The maximum Gasteiger partial charge on any atom is 0.155 e. The number of hydrogen-bond acceptors (Lipinski definition) is 5. The molecule has 1 aliphatic heterocycles. The minimum Gasteiger partial charge on any atom is -0.257 e. The Bertz CT molecular complexity index is 783. The van der Waals surface area contributed by atoms with E-state index in [1.807, 2.05) is 11.9 Å². The Labute approximate surface area is 109 Å². The molecule has 1 aromatic carbocycles. The zero-order valence-electron chi connectivity index (χ0n) is 9.60. The van der Waals surface area contributed by atoms with Gasteiger partial charge in [0.05, 0.1) is 5.71 Å².